The standard InChI is InChI=1S/C21H17ClFN5O/c22-20-19(14-3-6-16(23)7-4-14)27-18-10-15(5-8-17(18)28-20)21(29)24-9-1-2-13-11-25-26-12-13/h3-8,10-12H,1-2,9H2,(H,24,29)(H,25,26). The molecule has 146 valence electrons. The maximum atomic E-state index is 13.2. The van der Waals surface area contributed by atoms with E-state index in [0.717, 1.165) is 18.4 Å². The Balaban J connectivity index is 1.50. The summed E-state index contributed by atoms with van der Waals surface area (Å²) in [6.07, 6.45) is 5.25. The molecule has 1 amide bonds. The molecule has 2 N–H and O–H groups in total. The van der Waals surface area contributed by atoms with Gasteiger partial charge in [0.2, 0.25) is 0 Å². The fourth-order valence-corrected chi connectivity index (χ4v) is 3.22. The smallest absolute Gasteiger partial charge is 0.251 e. The summed E-state index contributed by atoms with van der Waals surface area (Å²) >= 11 is 6.25. The monoisotopic (exact) mass is 409 g/mol. The number of aryl methyl sites for hydroxylation is 1. The molecule has 2 heterocycles. The van der Waals surface area contributed by atoms with Crippen LogP contribution in [0.2, 0.25) is 5.15 Å². The second kappa shape index (κ2) is 8.36. The predicted octanol–water partition coefficient (Wildman–Crippen LogP) is 4.18. The lowest BCUT2D eigenvalue weighted by atomic mass is 10.1. The number of carbonyl (C=O) groups excluding carboxylic acids is 1. The van der Waals surface area contributed by atoms with E-state index in [2.05, 4.69) is 25.5 Å². The lowest BCUT2D eigenvalue weighted by Crippen LogP contribution is -2.24. The molecule has 2 aromatic carbocycles. The SMILES string of the molecule is O=C(NCCCc1cn[nH]c1)c1ccc2nc(Cl)c(-c3ccc(F)cc3)nc2c1. The van der Waals surface area contributed by atoms with Crippen molar-refractivity contribution in [3.05, 3.63) is 77.0 Å². The van der Waals surface area contributed by atoms with Gasteiger partial charge in [-0.2, -0.15) is 5.10 Å². The molecule has 4 rings (SSSR count). The van der Waals surface area contributed by atoms with Crippen molar-refractivity contribution in [2.45, 2.75) is 12.8 Å². The number of amides is 1. The van der Waals surface area contributed by atoms with Crippen LogP contribution in [-0.2, 0) is 6.42 Å². The fourth-order valence-electron chi connectivity index (χ4n) is 2.98. The summed E-state index contributed by atoms with van der Waals surface area (Å²) in [4.78, 5) is 21.4. The highest BCUT2D eigenvalue weighted by Crippen LogP contribution is 2.27. The molecule has 0 aliphatic heterocycles. The first-order chi connectivity index (χ1) is 14.1. The van der Waals surface area contributed by atoms with E-state index in [9.17, 15) is 9.18 Å². The van der Waals surface area contributed by atoms with Gasteiger partial charge in [-0.25, -0.2) is 14.4 Å². The summed E-state index contributed by atoms with van der Waals surface area (Å²) in [5.41, 5.74) is 3.81. The maximum Gasteiger partial charge on any atom is 0.251 e. The number of aromatic amines is 1. The largest absolute Gasteiger partial charge is 0.352 e. The maximum absolute atomic E-state index is 13.2. The van der Waals surface area contributed by atoms with Crippen LogP contribution in [-0.4, -0.2) is 32.6 Å². The summed E-state index contributed by atoms with van der Waals surface area (Å²) < 4.78 is 13.2. The molecule has 4 aromatic rings. The first-order valence-electron chi connectivity index (χ1n) is 9.09. The van der Waals surface area contributed by atoms with E-state index in [0.29, 0.717) is 34.4 Å². The number of hydrogen-bond acceptors (Lipinski definition) is 4. The Labute approximate surface area is 171 Å². The molecule has 0 atom stereocenters. The number of rotatable bonds is 6. The highest BCUT2D eigenvalue weighted by atomic mass is 35.5. The zero-order valence-corrected chi connectivity index (χ0v) is 16.1. The predicted molar refractivity (Wildman–Crippen MR) is 109 cm³/mol. The zero-order valence-electron chi connectivity index (χ0n) is 15.3. The van der Waals surface area contributed by atoms with Crippen molar-refractivity contribution in [1.29, 1.82) is 0 Å². The Morgan fingerprint density at radius 2 is 1.93 bits per heavy atom. The molecule has 0 aliphatic rings. The number of halogens is 2. The molecular weight excluding hydrogens is 393 g/mol. The number of hydrogen-bond donors (Lipinski definition) is 2. The van der Waals surface area contributed by atoms with Gasteiger partial charge in [-0.15, -0.1) is 0 Å². The number of H-pyrrole nitrogens is 1. The van der Waals surface area contributed by atoms with Crippen LogP contribution < -0.4 is 5.32 Å². The molecule has 0 unspecified atom stereocenters. The molecule has 8 heteroatoms. The fraction of sp³-hybridized carbons (Fsp3) is 0.143. The second-order valence-corrected chi connectivity index (χ2v) is 6.90. The topological polar surface area (TPSA) is 83.6 Å². The van der Waals surface area contributed by atoms with E-state index in [1.807, 2.05) is 6.20 Å². The molecule has 0 aliphatic carbocycles. The zero-order chi connectivity index (χ0) is 20.2. The Kier molecular flexibility index (Phi) is 5.48. The summed E-state index contributed by atoms with van der Waals surface area (Å²) in [6.45, 7) is 0.551. The number of carbonyl (C=O) groups is 1. The lowest BCUT2D eigenvalue weighted by molar-refractivity contribution is 0.0953. The van der Waals surface area contributed by atoms with Crippen molar-refractivity contribution in [3.63, 3.8) is 0 Å². The quantitative estimate of drug-likeness (QED) is 0.468. The Hall–Kier alpha value is -3.32. The molecule has 0 saturated heterocycles. The minimum Gasteiger partial charge on any atom is -0.352 e. The van der Waals surface area contributed by atoms with Crippen molar-refractivity contribution in [1.82, 2.24) is 25.5 Å². The highest BCUT2D eigenvalue weighted by Gasteiger charge is 2.12. The summed E-state index contributed by atoms with van der Waals surface area (Å²) in [5, 5.41) is 9.79. The number of nitrogens with one attached hydrogen (secondary N) is 2. The third-order valence-electron chi connectivity index (χ3n) is 4.48. The van der Waals surface area contributed by atoms with Gasteiger partial charge in [0.05, 0.1) is 17.2 Å². The van der Waals surface area contributed by atoms with Gasteiger partial charge in [0.1, 0.15) is 11.5 Å². The second-order valence-electron chi connectivity index (χ2n) is 6.54. The molecule has 29 heavy (non-hydrogen) atoms. The summed E-state index contributed by atoms with van der Waals surface area (Å²) in [7, 11) is 0. The van der Waals surface area contributed by atoms with E-state index >= 15 is 0 Å². The normalized spacial score (nSPS) is 11.0. The highest BCUT2D eigenvalue weighted by molar-refractivity contribution is 6.32. The first kappa shape index (κ1) is 19.0. The summed E-state index contributed by atoms with van der Waals surface area (Å²) in [6, 6.07) is 10.9. The number of benzene rings is 2. The number of aromatic nitrogens is 4. The van der Waals surface area contributed by atoms with Gasteiger partial charge >= 0.3 is 0 Å². The van der Waals surface area contributed by atoms with Crippen molar-refractivity contribution < 1.29 is 9.18 Å². The van der Waals surface area contributed by atoms with Gasteiger partial charge in [0.25, 0.3) is 5.91 Å². The van der Waals surface area contributed by atoms with Gasteiger partial charge in [0, 0.05) is 23.9 Å². The number of nitrogens with zero attached hydrogens (tertiary/aromatic N) is 3. The third-order valence-corrected chi connectivity index (χ3v) is 4.75. The van der Waals surface area contributed by atoms with Crippen LogP contribution in [0, 0.1) is 5.82 Å². The van der Waals surface area contributed by atoms with Crippen molar-refractivity contribution in [2.24, 2.45) is 0 Å². The Bertz CT molecular complexity index is 1150. The van der Waals surface area contributed by atoms with Crippen LogP contribution in [0.15, 0.2) is 54.9 Å². The van der Waals surface area contributed by atoms with Crippen LogP contribution in [0.25, 0.3) is 22.3 Å². The van der Waals surface area contributed by atoms with Crippen LogP contribution >= 0.6 is 11.6 Å². The lowest BCUT2D eigenvalue weighted by Gasteiger charge is -2.08. The minimum absolute atomic E-state index is 0.181. The van der Waals surface area contributed by atoms with Gasteiger partial charge in [-0.1, -0.05) is 11.6 Å². The average molecular weight is 410 g/mol. The third kappa shape index (κ3) is 4.41. The van der Waals surface area contributed by atoms with Crippen molar-refractivity contribution in [3.8, 4) is 11.3 Å². The van der Waals surface area contributed by atoms with Crippen LogP contribution in [0.4, 0.5) is 4.39 Å². The Morgan fingerprint density at radius 1 is 1.10 bits per heavy atom. The summed E-state index contributed by atoms with van der Waals surface area (Å²) in [5.74, 6) is -0.524. The molecule has 0 bridgehead atoms. The van der Waals surface area contributed by atoms with Crippen molar-refractivity contribution in [2.75, 3.05) is 6.54 Å². The molecular formula is C21H17ClFN5O. The van der Waals surface area contributed by atoms with Crippen LogP contribution in [0.5, 0.6) is 0 Å². The molecule has 0 saturated carbocycles. The van der Waals surface area contributed by atoms with E-state index in [-0.39, 0.29) is 16.9 Å². The first-order valence-corrected chi connectivity index (χ1v) is 9.47. The van der Waals surface area contributed by atoms with Crippen LogP contribution in [0.3, 0.4) is 0 Å². The van der Waals surface area contributed by atoms with Crippen molar-refractivity contribution >= 4 is 28.5 Å². The van der Waals surface area contributed by atoms with Gasteiger partial charge in [-0.3, -0.25) is 9.89 Å². The van der Waals surface area contributed by atoms with E-state index in [1.54, 1.807) is 36.5 Å². The molecule has 6 nitrogen and oxygen atoms in total. The van der Waals surface area contributed by atoms with E-state index in [4.69, 9.17) is 11.6 Å². The molecule has 2 aromatic heterocycles. The molecule has 0 spiro atoms. The van der Waals surface area contributed by atoms with Gasteiger partial charge < -0.3 is 5.32 Å². The van der Waals surface area contributed by atoms with Crippen LogP contribution in [0.1, 0.15) is 22.3 Å². The van der Waals surface area contributed by atoms with Gasteiger partial charge in [-0.05, 0) is 60.9 Å². The van der Waals surface area contributed by atoms with E-state index in [1.165, 1.54) is 12.1 Å². The molecule has 0 radical (unpaired) electrons. The van der Waals surface area contributed by atoms with Gasteiger partial charge in [0.15, 0.2) is 5.15 Å². The number of fused-ring (bicyclic) bond motifs is 1. The molecule has 0 fully saturated rings. The Morgan fingerprint density at radius 3 is 2.69 bits per heavy atom. The van der Waals surface area contributed by atoms with E-state index < -0.39 is 0 Å². The minimum atomic E-state index is -0.342. The average Bonchev–Trinajstić information content (AvgIpc) is 3.24.